The molecule has 0 spiro atoms. The summed E-state index contributed by atoms with van der Waals surface area (Å²) >= 11 is 0. The number of carbonyl (C=O) groups excluding carboxylic acids is 2. The Bertz CT molecular complexity index is 939. The second-order valence-electron chi connectivity index (χ2n) is 7.27. The number of nitrogens with one attached hydrogen (secondary N) is 2. The number of rotatable bonds is 8. The molecule has 0 aliphatic carbocycles. The number of anilines is 2. The molecule has 2 N–H and O–H groups in total. The molecular weight excluding hydrogens is 400 g/mol. The van der Waals surface area contributed by atoms with Crippen LogP contribution in [0.3, 0.4) is 0 Å². The Kier molecular flexibility index (Phi) is 7.55. The first-order valence-electron chi connectivity index (χ1n) is 10.2. The highest BCUT2D eigenvalue weighted by Crippen LogP contribution is 2.21. The summed E-state index contributed by atoms with van der Waals surface area (Å²) in [6.07, 6.45) is 0.898. The highest BCUT2D eigenvalue weighted by molar-refractivity contribution is 5.99. The van der Waals surface area contributed by atoms with Crippen molar-refractivity contribution >= 4 is 28.9 Å². The van der Waals surface area contributed by atoms with Crippen LogP contribution in [0.1, 0.15) is 28.8 Å². The van der Waals surface area contributed by atoms with Gasteiger partial charge in [0.25, 0.3) is 11.6 Å². The van der Waals surface area contributed by atoms with Gasteiger partial charge in [-0.25, -0.2) is 0 Å². The number of non-ortho nitro benzene ring substituents is 1. The lowest BCUT2D eigenvalue weighted by atomic mass is 10.0. The van der Waals surface area contributed by atoms with Gasteiger partial charge in [-0.2, -0.15) is 0 Å². The lowest BCUT2D eigenvalue weighted by Crippen LogP contribution is -2.41. The highest BCUT2D eigenvalue weighted by Gasteiger charge is 2.21. The topological polar surface area (TPSA) is 114 Å². The SMILES string of the molecule is Cc1c(NC(=O)CCCNc2ccc([N+](=O)[O-])cc2)cccc1C(=O)N1CCOCC1. The Hall–Kier alpha value is -3.46. The molecule has 31 heavy (non-hydrogen) atoms. The first kappa shape index (κ1) is 22.2. The second-order valence-corrected chi connectivity index (χ2v) is 7.27. The Labute approximate surface area is 180 Å². The van der Waals surface area contributed by atoms with Gasteiger partial charge in [0.15, 0.2) is 0 Å². The third-order valence-electron chi connectivity index (χ3n) is 5.12. The number of carbonyl (C=O) groups is 2. The van der Waals surface area contributed by atoms with Gasteiger partial charge in [-0.3, -0.25) is 19.7 Å². The van der Waals surface area contributed by atoms with Crippen LogP contribution in [0, 0.1) is 17.0 Å². The third kappa shape index (κ3) is 6.02. The number of nitrogens with zero attached hydrogens (tertiary/aromatic N) is 2. The van der Waals surface area contributed by atoms with Gasteiger partial charge >= 0.3 is 0 Å². The maximum absolute atomic E-state index is 12.8. The number of morpholine rings is 1. The molecule has 0 unspecified atom stereocenters. The van der Waals surface area contributed by atoms with Crippen molar-refractivity contribution in [3.05, 3.63) is 63.7 Å². The number of nitro benzene ring substituents is 1. The average molecular weight is 426 g/mol. The summed E-state index contributed by atoms with van der Waals surface area (Å²) in [5.41, 5.74) is 2.76. The minimum atomic E-state index is -0.445. The van der Waals surface area contributed by atoms with E-state index in [2.05, 4.69) is 10.6 Å². The third-order valence-corrected chi connectivity index (χ3v) is 5.12. The predicted octanol–water partition coefficient (Wildman–Crippen LogP) is 3.21. The van der Waals surface area contributed by atoms with E-state index in [1.807, 2.05) is 6.92 Å². The maximum atomic E-state index is 12.8. The van der Waals surface area contributed by atoms with Crippen molar-refractivity contribution in [3.8, 4) is 0 Å². The number of hydrogen-bond acceptors (Lipinski definition) is 6. The molecule has 0 atom stereocenters. The molecule has 9 nitrogen and oxygen atoms in total. The van der Waals surface area contributed by atoms with Gasteiger partial charge in [0, 0.05) is 55.1 Å². The fourth-order valence-corrected chi connectivity index (χ4v) is 3.33. The smallest absolute Gasteiger partial charge is 0.269 e. The van der Waals surface area contributed by atoms with E-state index in [4.69, 9.17) is 4.74 Å². The van der Waals surface area contributed by atoms with Gasteiger partial charge in [-0.05, 0) is 43.2 Å². The van der Waals surface area contributed by atoms with Crippen molar-refractivity contribution < 1.29 is 19.2 Å². The molecule has 3 rings (SSSR count). The van der Waals surface area contributed by atoms with E-state index in [1.54, 1.807) is 35.2 Å². The summed E-state index contributed by atoms with van der Waals surface area (Å²) in [4.78, 5) is 37.1. The van der Waals surface area contributed by atoms with Crippen molar-refractivity contribution in [1.82, 2.24) is 4.90 Å². The standard InChI is InChI=1S/C22H26N4O5/c1-16-19(22(28)25-12-14-31-15-13-25)4-2-5-20(16)24-21(27)6-3-11-23-17-7-9-18(10-8-17)26(29)30/h2,4-5,7-10,23H,3,6,11-15H2,1H3,(H,24,27). The lowest BCUT2D eigenvalue weighted by Gasteiger charge is -2.27. The quantitative estimate of drug-likeness (QED) is 0.381. The molecule has 1 fully saturated rings. The van der Waals surface area contributed by atoms with Crippen LogP contribution in [0.5, 0.6) is 0 Å². The summed E-state index contributed by atoms with van der Waals surface area (Å²) in [5.74, 6) is -0.186. The van der Waals surface area contributed by atoms with Crippen LogP contribution in [0.2, 0.25) is 0 Å². The molecule has 0 aromatic heterocycles. The number of nitro groups is 1. The van der Waals surface area contributed by atoms with Crippen molar-refractivity contribution in [2.24, 2.45) is 0 Å². The molecule has 9 heteroatoms. The van der Waals surface area contributed by atoms with E-state index in [1.165, 1.54) is 12.1 Å². The molecule has 2 aromatic carbocycles. The summed E-state index contributed by atoms with van der Waals surface area (Å²) < 4.78 is 5.30. The van der Waals surface area contributed by atoms with E-state index < -0.39 is 4.92 Å². The van der Waals surface area contributed by atoms with E-state index in [0.29, 0.717) is 56.9 Å². The molecule has 164 valence electrons. The Balaban J connectivity index is 1.48. The fraction of sp³-hybridized carbons (Fsp3) is 0.364. The number of ether oxygens (including phenoxy) is 1. The van der Waals surface area contributed by atoms with Crippen molar-refractivity contribution in [2.75, 3.05) is 43.5 Å². The lowest BCUT2D eigenvalue weighted by molar-refractivity contribution is -0.384. The summed E-state index contributed by atoms with van der Waals surface area (Å²) in [5, 5.41) is 16.7. The Morgan fingerprint density at radius 1 is 1.13 bits per heavy atom. The first-order chi connectivity index (χ1) is 15.0. The highest BCUT2D eigenvalue weighted by atomic mass is 16.6. The molecule has 0 saturated carbocycles. The number of amides is 2. The first-order valence-corrected chi connectivity index (χ1v) is 10.2. The monoisotopic (exact) mass is 426 g/mol. The fourth-order valence-electron chi connectivity index (χ4n) is 3.33. The largest absolute Gasteiger partial charge is 0.385 e. The average Bonchev–Trinajstić information content (AvgIpc) is 2.78. The molecular formula is C22H26N4O5. The van der Waals surface area contributed by atoms with Gasteiger partial charge in [-0.1, -0.05) is 6.07 Å². The van der Waals surface area contributed by atoms with Crippen LogP contribution < -0.4 is 10.6 Å². The molecule has 2 amide bonds. The Morgan fingerprint density at radius 2 is 1.84 bits per heavy atom. The second kappa shape index (κ2) is 10.5. The minimum Gasteiger partial charge on any atom is -0.385 e. The molecule has 0 bridgehead atoms. The molecule has 1 heterocycles. The van der Waals surface area contributed by atoms with E-state index in [9.17, 15) is 19.7 Å². The molecule has 0 radical (unpaired) electrons. The van der Waals surface area contributed by atoms with Crippen LogP contribution in [0.25, 0.3) is 0 Å². The zero-order valence-corrected chi connectivity index (χ0v) is 17.4. The van der Waals surface area contributed by atoms with Crippen LogP contribution in [-0.2, 0) is 9.53 Å². The van der Waals surface area contributed by atoms with E-state index in [-0.39, 0.29) is 17.5 Å². The predicted molar refractivity (Wildman–Crippen MR) is 117 cm³/mol. The van der Waals surface area contributed by atoms with Gasteiger partial charge in [0.05, 0.1) is 18.1 Å². The molecule has 1 saturated heterocycles. The Morgan fingerprint density at radius 3 is 2.52 bits per heavy atom. The summed E-state index contributed by atoms with van der Waals surface area (Å²) in [7, 11) is 0. The van der Waals surface area contributed by atoms with E-state index in [0.717, 1.165) is 11.3 Å². The van der Waals surface area contributed by atoms with Gasteiger partial charge in [-0.15, -0.1) is 0 Å². The van der Waals surface area contributed by atoms with Gasteiger partial charge in [0.1, 0.15) is 0 Å². The van der Waals surface area contributed by atoms with Crippen molar-refractivity contribution in [3.63, 3.8) is 0 Å². The van der Waals surface area contributed by atoms with Crippen LogP contribution >= 0.6 is 0 Å². The molecule has 1 aliphatic rings. The minimum absolute atomic E-state index is 0.0367. The zero-order valence-electron chi connectivity index (χ0n) is 17.4. The van der Waals surface area contributed by atoms with Crippen LogP contribution in [0.15, 0.2) is 42.5 Å². The van der Waals surface area contributed by atoms with Gasteiger partial charge in [0.2, 0.25) is 5.91 Å². The van der Waals surface area contributed by atoms with Gasteiger partial charge < -0.3 is 20.3 Å². The normalized spacial score (nSPS) is 13.5. The summed E-state index contributed by atoms with van der Waals surface area (Å²) in [6.45, 7) is 4.59. The van der Waals surface area contributed by atoms with Crippen molar-refractivity contribution in [1.29, 1.82) is 0 Å². The maximum Gasteiger partial charge on any atom is 0.269 e. The number of hydrogen-bond donors (Lipinski definition) is 2. The van der Waals surface area contributed by atoms with Crippen LogP contribution in [-0.4, -0.2) is 54.5 Å². The van der Waals surface area contributed by atoms with E-state index >= 15 is 0 Å². The summed E-state index contributed by atoms with van der Waals surface area (Å²) in [6, 6.07) is 11.5. The number of benzene rings is 2. The van der Waals surface area contributed by atoms with Crippen LogP contribution in [0.4, 0.5) is 17.1 Å². The van der Waals surface area contributed by atoms with Crippen molar-refractivity contribution in [2.45, 2.75) is 19.8 Å². The zero-order chi connectivity index (χ0) is 22.2. The molecule has 1 aliphatic heterocycles. The molecule has 2 aromatic rings.